The van der Waals surface area contributed by atoms with Gasteiger partial charge >= 0.3 is 0 Å². The average Bonchev–Trinajstić information content (AvgIpc) is 2.64. The van der Waals surface area contributed by atoms with E-state index in [1.54, 1.807) is 16.8 Å². The minimum atomic E-state index is -0.193. The SMILES string of the molecule is Cn1cc2ccc(C(=O)NCCO)cc2n1. The standard InChI is InChI=1S/C11H13N3O2/c1-14-7-9-3-2-8(6-10(9)13-14)11(16)12-4-5-15/h2-3,6-7,15H,4-5H2,1H3,(H,12,16). The minimum absolute atomic E-state index is 0.0580. The Bertz CT molecular complexity index is 519. The number of amides is 1. The van der Waals surface area contributed by atoms with Gasteiger partial charge in [-0.05, 0) is 12.1 Å². The van der Waals surface area contributed by atoms with Gasteiger partial charge in [-0.1, -0.05) is 6.07 Å². The number of aliphatic hydroxyl groups is 1. The molecule has 1 amide bonds. The highest BCUT2D eigenvalue weighted by Crippen LogP contribution is 2.13. The second-order valence-corrected chi connectivity index (χ2v) is 3.56. The normalized spacial score (nSPS) is 10.6. The minimum Gasteiger partial charge on any atom is -0.395 e. The van der Waals surface area contributed by atoms with Crippen molar-refractivity contribution < 1.29 is 9.90 Å². The van der Waals surface area contributed by atoms with Gasteiger partial charge < -0.3 is 10.4 Å². The van der Waals surface area contributed by atoms with Gasteiger partial charge in [0.15, 0.2) is 0 Å². The summed E-state index contributed by atoms with van der Waals surface area (Å²) < 4.78 is 1.71. The number of aryl methyl sites for hydroxylation is 1. The quantitative estimate of drug-likeness (QED) is 0.780. The molecule has 5 heteroatoms. The van der Waals surface area contributed by atoms with Crippen molar-refractivity contribution in [2.24, 2.45) is 7.05 Å². The van der Waals surface area contributed by atoms with Gasteiger partial charge in [-0.2, -0.15) is 5.10 Å². The van der Waals surface area contributed by atoms with Crippen LogP contribution >= 0.6 is 0 Å². The maximum Gasteiger partial charge on any atom is 0.251 e. The van der Waals surface area contributed by atoms with Crippen molar-refractivity contribution in [1.29, 1.82) is 0 Å². The Morgan fingerprint density at radius 2 is 2.38 bits per heavy atom. The number of benzene rings is 1. The summed E-state index contributed by atoms with van der Waals surface area (Å²) in [6, 6.07) is 5.34. The molecule has 0 aliphatic rings. The maximum absolute atomic E-state index is 11.6. The molecule has 0 fully saturated rings. The molecule has 1 aromatic heterocycles. The number of aromatic nitrogens is 2. The summed E-state index contributed by atoms with van der Waals surface area (Å²) in [5, 5.41) is 16.4. The van der Waals surface area contributed by atoms with Crippen LogP contribution in [-0.2, 0) is 7.05 Å². The van der Waals surface area contributed by atoms with E-state index in [1.807, 2.05) is 19.3 Å². The molecule has 2 N–H and O–H groups in total. The van der Waals surface area contributed by atoms with E-state index in [1.165, 1.54) is 0 Å². The molecule has 0 unspecified atom stereocenters. The van der Waals surface area contributed by atoms with Crippen molar-refractivity contribution in [3.63, 3.8) is 0 Å². The molecule has 84 valence electrons. The van der Waals surface area contributed by atoms with Gasteiger partial charge in [0.2, 0.25) is 0 Å². The van der Waals surface area contributed by atoms with Gasteiger partial charge in [0, 0.05) is 30.7 Å². The zero-order chi connectivity index (χ0) is 11.5. The Kier molecular flexibility index (Phi) is 2.87. The molecule has 0 bridgehead atoms. The second kappa shape index (κ2) is 4.32. The number of fused-ring (bicyclic) bond motifs is 1. The van der Waals surface area contributed by atoms with Crippen LogP contribution in [0.2, 0.25) is 0 Å². The Hall–Kier alpha value is -1.88. The molecular formula is C11H13N3O2. The van der Waals surface area contributed by atoms with E-state index in [0.29, 0.717) is 5.56 Å². The van der Waals surface area contributed by atoms with Crippen LogP contribution in [0.3, 0.4) is 0 Å². The van der Waals surface area contributed by atoms with Gasteiger partial charge in [0.05, 0.1) is 12.1 Å². The number of nitrogens with one attached hydrogen (secondary N) is 1. The van der Waals surface area contributed by atoms with Crippen molar-refractivity contribution in [3.05, 3.63) is 30.0 Å². The first-order valence-electron chi connectivity index (χ1n) is 5.03. The second-order valence-electron chi connectivity index (χ2n) is 3.56. The first-order valence-corrected chi connectivity index (χ1v) is 5.03. The highest BCUT2D eigenvalue weighted by Gasteiger charge is 2.06. The maximum atomic E-state index is 11.6. The van der Waals surface area contributed by atoms with E-state index in [0.717, 1.165) is 10.9 Å². The summed E-state index contributed by atoms with van der Waals surface area (Å²) in [4.78, 5) is 11.6. The summed E-state index contributed by atoms with van der Waals surface area (Å²) in [6.07, 6.45) is 1.89. The lowest BCUT2D eigenvalue weighted by Crippen LogP contribution is -2.26. The average molecular weight is 219 g/mol. The summed E-state index contributed by atoms with van der Waals surface area (Å²) in [5.74, 6) is -0.193. The van der Waals surface area contributed by atoms with Crippen LogP contribution in [0.5, 0.6) is 0 Å². The van der Waals surface area contributed by atoms with E-state index in [2.05, 4.69) is 10.4 Å². The van der Waals surface area contributed by atoms with E-state index >= 15 is 0 Å². The fourth-order valence-corrected chi connectivity index (χ4v) is 1.55. The summed E-state index contributed by atoms with van der Waals surface area (Å²) >= 11 is 0. The Labute approximate surface area is 92.7 Å². The molecule has 1 heterocycles. The molecule has 0 aliphatic heterocycles. The molecule has 0 saturated heterocycles. The molecule has 0 radical (unpaired) electrons. The molecule has 0 saturated carbocycles. The molecule has 0 atom stereocenters. The van der Waals surface area contributed by atoms with Gasteiger partial charge in [0.1, 0.15) is 0 Å². The van der Waals surface area contributed by atoms with Crippen LogP contribution in [0.15, 0.2) is 24.4 Å². The van der Waals surface area contributed by atoms with Gasteiger partial charge in [0.25, 0.3) is 5.91 Å². The Morgan fingerprint density at radius 1 is 1.56 bits per heavy atom. The lowest BCUT2D eigenvalue weighted by Gasteiger charge is -2.02. The lowest BCUT2D eigenvalue weighted by molar-refractivity contribution is 0.0945. The molecule has 16 heavy (non-hydrogen) atoms. The van der Waals surface area contributed by atoms with Crippen molar-refractivity contribution in [1.82, 2.24) is 15.1 Å². The number of carbonyl (C=O) groups excluding carboxylic acids is 1. The van der Waals surface area contributed by atoms with Crippen LogP contribution in [0.4, 0.5) is 0 Å². The molecule has 5 nitrogen and oxygen atoms in total. The molecule has 2 rings (SSSR count). The van der Waals surface area contributed by atoms with Crippen molar-refractivity contribution in [2.75, 3.05) is 13.2 Å². The van der Waals surface area contributed by atoms with Crippen LogP contribution in [0.1, 0.15) is 10.4 Å². The number of carbonyl (C=O) groups is 1. The summed E-state index contributed by atoms with van der Waals surface area (Å²) in [5.41, 5.74) is 1.35. The Balaban J connectivity index is 2.28. The third kappa shape index (κ3) is 2.04. The number of hydrogen-bond donors (Lipinski definition) is 2. The predicted molar refractivity (Wildman–Crippen MR) is 60.1 cm³/mol. The molecular weight excluding hydrogens is 206 g/mol. The van der Waals surface area contributed by atoms with E-state index in [9.17, 15) is 4.79 Å². The van der Waals surface area contributed by atoms with E-state index < -0.39 is 0 Å². The zero-order valence-corrected chi connectivity index (χ0v) is 8.97. The van der Waals surface area contributed by atoms with Crippen molar-refractivity contribution >= 4 is 16.8 Å². The highest BCUT2D eigenvalue weighted by atomic mass is 16.3. The molecule has 0 spiro atoms. The van der Waals surface area contributed by atoms with Crippen molar-refractivity contribution in [3.8, 4) is 0 Å². The summed E-state index contributed by atoms with van der Waals surface area (Å²) in [7, 11) is 1.84. The number of aliphatic hydroxyl groups excluding tert-OH is 1. The van der Waals surface area contributed by atoms with Crippen LogP contribution in [-0.4, -0.2) is 33.9 Å². The van der Waals surface area contributed by atoms with Crippen LogP contribution in [0, 0.1) is 0 Å². The highest BCUT2D eigenvalue weighted by molar-refractivity contribution is 5.97. The molecule has 1 aromatic carbocycles. The van der Waals surface area contributed by atoms with E-state index in [4.69, 9.17) is 5.11 Å². The zero-order valence-electron chi connectivity index (χ0n) is 8.97. The third-order valence-corrected chi connectivity index (χ3v) is 2.28. The monoisotopic (exact) mass is 219 g/mol. The fourth-order valence-electron chi connectivity index (χ4n) is 1.55. The molecule has 2 aromatic rings. The fraction of sp³-hybridized carbons (Fsp3) is 0.273. The van der Waals surface area contributed by atoms with Crippen LogP contribution < -0.4 is 5.32 Å². The van der Waals surface area contributed by atoms with Gasteiger partial charge in [-0.15, -0.1) is 0 Å². The third-order valence-electron chi connectivity index (χ3n) is 2.28. The largest absolute Gasteiger partial charge is 0.395 e. The smallest absolute Gasteiger partial charge is 0.251 e. The van der Waals surface area contributed by atoms with Crippen LogP contribution in [0.25, 0.3) is 10.9 Å². The first-order chi connectivity index (χ1) is 7.70. The Morgan fingerprint density at radius 3 is 3.12 bits per heavy atom. The predicted octanol–water partition coefficient (Wildman–Crippen LogP) is 0.295. The van der Waals surface area contributed by atoms with Gasteiger partial charge in [-0.3, -0.25) is 9.48 Å². The lowest BCUT2D eigenvalue weighted by atomic mass is 10.1. The first kappa shape index (κ1) is 10.6. The number of hydrogen-bond acceptors (Lipinski definition) is 3. The topological polar surface area (TPSA) is 67.2 Å². The van der Waals surface area contributed by atoms with Gasteiger partial charge in [-0.25, -0.2) is 0 Å². The van der Waals surface area contributed by atoms with Crippen molar-refractivity contribution in [2.45, 2.75) is 0 Å². The number of nitrogens with zero attached hydrogens (tertiary/aromatic N) is 2. The van der Waals surface area contributed by atoms with E-state index in [-0.39, 0.29) is 19.1 Å². The molecule has 0 aliphatic carbocycles. The number of rotatable bonds is 3. The summed E-state index contributed by atoms with van der Waals surface area (Å²) in [6.45, 7) is 0.205.